The third-order valence-electron chi connectivity index (χ3n) is 6.07. The van der Waals surface area contributed by atoms with Gasteiger partial charge in [-0.15, -0.1) is 0 Å². The molecule has 2 N–H and O–H groups in total. The predicted molar refractivity (Wildman–Crippen MR) is 115 cm³/mol. The topological polar surface area (TPSA) is 91.6 Å². The van der Waals surface area contributed by atoms with Crippen molar-refractivity contribution in [3.05, 3.63) is 63.1 Å². The molecule has 1 unspecified atom stereocenters. The summed E-state index contributed by atoms with van der Waals surface area (Å²) >= 11 is 0. The molecule has 1 amide bonds. The third-order valence-corrected chi connectivity index (χ3v) is 6.07. The lowest BCUT2D eigenvalue weighted by Gasteiger charge is -2.44. The minimum absolute atomic E-state index is 0.0419. The average Bonchev–Trinajstić information content (AvgIpc) is 2.72. The van der Waals surface area contributed by atoms with Gasteiger partial charge in [0.1, 0.15) is 22.9 Å². The molecule has 1 aliphatic rings. The molecule has 0 fully saturated rings. The Hall–Kier alpha value is -3.07. The Morgan fingerprint density at radius 1 is 1.31 bits per heavy atom. The van der Waals surface area contributed by atoms with Crippen molar-refractivity contribution in [1.82, 2.24) is 14.8 Å². The van der Waals surface area contributed by atoms with Gasteiger partial charge in [0.05, 0.1) is 0 Å². The number of Topliss-reactive ketones (excluding diaryl/α,β-unsaturated/α-hetero) is 1. The molecule has 0 radical (unpaired) electrons. The molecule has 2 heterocycles. The van der Waals surface area contributed by atoms with Gasteiger partial charge in [0.2, 0.25) is 5.43 Å². The summed E-state index contributed by atoms with van der Waals surface area (Å²) < 4.78 is 28.3. The number of hydrogen-bond acceptors (Lipinski definition) is 5. The molecule has 3 rings (SSSR count). The van der Waals surface area contributed by atoms with Gasteiger partial charge in [0, 0.05) is 42.4 Å². The standard InChI is InChI=1S/C23H27F2N3O4/c1-5-8-27(4)17-12-28-11-15(19(29)20(30)18(28)21(31)23(17,2)3)22(32)26-10-13-6-7-14(24)9-16(13)25/h6-7,9,11,17,30H,5,8,10,12H2,1-4H3,(H,26,32). The highest BCUT2D eigenvalue weighted by Crippen LogP contribution is 2.37. The number of ketones is 1. The molecule has 1 atom stereocenters. The van der Waals surface area contributed by atoms with E-state index in [1.54, 1.807) is 13.8 Å². The lowest BCUT2D eigenvalue weighted by molar-refractivity contribution is 0.0483. The van der Waals surface area contributed by atoms with E-state index < -0.39 is 34.1 Å². The van der Waals surface area contributed by atoms with Crippen LogP contribution in [0.15, 0.2) is 29.2 Å². The molecule has 2 aromatic rings. The van der Waals surface area contributed by atoms with Crippen LogP contribution in [-0.4, -0.2) is 45.9 Å². The van der Waals surface area contributed by atoms with Gasteiger partial charge in [0.25, 0.3) is 5.91 Å². The zero-order valence-electron chi connectivity index (χ0n) is 18.5. The monoisotopic (exact) mass is 447 g/mol. The van der Waals surface area contributed by atoms with E-state index in [0.717, 1.165) is 19.0 Å². The molecule has 172 valence electrons. The fourth-order valence-corrected chi connectivity index (χ4v) is 4.20. The van der Waals surface area contributed by atoms with E-state index in [4.69, 9.17) is 0 Å². The van der Waals surface area contributed by atoms with E-state index in [0.29, 0.717) is 12.6 Å². The van der Waals surface area contributed by atoms with Crippen LogP contribution >= 0.6 is 0 Å². The van der Waals surface area contributed by atoms with Crippen LogP contribution in [0.3, 0.4) is 0 Å². The molecule has 0 aliphatic carbocycles. The Kier molecular flexibility index (Phi) is 6.50. The number of aromatic hydroxyl groups is 1. The van der Waals surface area contributed by atoms with Gasteiger partial charge in [-0.25, -0.2) is 8.78 Å². The van der Waals surface area contributed by atoms with Gasteiger partial charge in [-0.05, 0) is 26.1 Å². The zero-order valence-corrected chi connectivity index (χ0v) is 18.5. The molecule has 0 saturated carbocycles. The second kappa shape index (κ2) is 8.82. The highest BCUT2D eigenvalue weighted by molar-refractivity contribution is 6.03. The van der Waals surface area contributed by atoms with Crippen molar-refractivity contribution in [2.75, 3.05) is 13.6 Å². The van der Waals surface area contributed by atoms with Gasteiger partial charge in [0.15, 0.2) is 11.5 Å². The van der Waals surface area contributed by atoms with E-state index in [2.05, 4.69) is 5.32 Å². The number of hydrogen-bond donors (Lipinski definition) is 2. The van der Waals surface area contributed by atoms with Crippen molar-refractivity contribution in [3.8, 4) is 5.75 Å². The van der Waals surface area contributed by atoms with Crippen LogP contribution in [0.1, 0.15) is 53.6 Å². The van der Waals surface area contributed by atoms with Crippen molar-refractivity contribution in [2.45, 2.75) is 46.3 Å². The predicted octanol–water partition coefficient (Wildman–Crippen LogP) is 2.70. The smallest absolute Gasteiger partial charge is 0.257 e. The number of fused-ring (bicyclic) bond motifs is 1. The van der Waals surface area contributed by atoms with E-state index in [1.165, 1.54) is 16.8 Å². The summed E-state index contributed by atoms with van der Waals surface area (Å²) in [5, 5.41) is 12.9. The van der Waals surface area contributed by atoms with Gasteiger partial charge < -0.3 is 19.9 Å². The summed E-state index contributed by atoms with van der Waals surface area (Å²) in [6.07, 6.45) is 2.14. The molecule has 0 saturated heterocycles. The lowest BCUT2D eigenvalue weighted by Crippen LogP contribution is -2.54. The minimum atomic E-state index is -0.974. The first-order chi connectivity index (χ1) is 15.0. The van der Waals surface area contributed by atoms with Crippen LogP contribution in [-0.2, 0) is 13.1 Å². The molecule has 1 aliphatic heterocycles. The van der Waals surface area contributed by atoms with Crippen molar-refractivity contribution >= 4 is 11.7 Å². The number of amides is 1. The van der Waals surface area contributed by atoms with Crippen molar-refractivity contribution in [1.29, 1.82) is 0 Å². The molecule has 0 bridgehead atoms. The second-order valence-corrected chi connectivity index (χ2v) is 8.69. The Bertz CT molecular complexity index is 1130. The van der Waals surface area contributed by atoms with E-state index in [9.17, 15) is 28.3 Å². The number of nitrogens with zero attached hydrogens (tertiary/aromatic N) is 2. The quantitative estimate of drug-likeness (QED) is 0.711. The summed E-state index contributed by atoms with van der Waals surface area (Å²) in [5.41, 5.74) is -2.27. The maximum Gasteiger partial charge on any atom is 0.257 e. The van der Waals surface area contributed by atoms with E-state index >= 15 is 0 Å². The first kappa shape index (κ1) is 23.6. The maximum atomic E-state index is 13.8. The maximum absolute atomic E-state index is 13.8. The Balaban J connectivity index is 1.94. The van der Waals surface area contributed by atoms with Crippen LogP contribution in [0.2, 0.25) is 0 Å². The van der Waals surface area contributed by atoms with Crippen molar-refractivity contribution in [2.24, 2.45) is 5.41 Å². The van der Waals surface area contributed by atoms with Crippen LogP contribution < -0.4 is 10.7 Å². The first-order valence-corrected chi connectivity index (χ1v) is 10.4. The van der Waals surface area contributed by atoms with Crippen molar-refractivity contribution < 1.29 is 23.5 Å². The normalized spacial score (nSPS) is 17.3. The van der Waals surface area contributed by atoms with Gasteiger partial charge in [-0.3, -0.25) is 14.4 Å². The fourth-order valence-electron chi connectivity index (χ4n) is 4.20. The summed E-state index contributed by atoms with van der Waals surface area (Å²) in [4.78, 5) is 40.5. The Labute approximate surface area is 184 Å². The van der Waals surface area contributed by atoms with Crippen LogP contribution in [0.4, 0.5) is 8.78 Å². The highest BCUT2D eigenvalue weighted by Gasteiger charge is 2.46. The van der Waals surface area contributed by atoms with Crippen LogP contribution in [0.5, 0.6) is 5.75 Å². The Morgan fingerprint density at radius 2 is 2.00 bits per heavy atom. The zero-order chi connectivity index (χ0) is 23.8. The average molecular weight is 447 g/mol. The largest absolute Gasteiger partial charge is 0.503 e. The van der Waals surface area contributed by atoms with E-state index in [-0.39, 0.29) is 35.2 Å². The molecule has 1 aromatic heterocycles. The first-order valence-electron chi connectivity index (χ1n) is 10.4. The molecule has 1 aromatic carbocycles. The summed E-state index contributed by atoms with van der Waals surface area (Å²) in [5.74, 6) is -3.57. The molecular formula is C23H27F2N3O4. The fraction of sp³-hybridized carbons (Fsp3) is 0.435. The minimum Gasteiger partial charge on any atom is -0.503 e. The number of nitrogens with one attached hydrogen (secondary N) is 1. The number of carbonyl (C=O) groups excluding carboxylic acids is 2. The molecule has 9 heteroatoms. The van der Waals surface area contributed by atoms with Crippen LogP contribution in [0.25, 0.3) is 0 Å². The number of aromatic nitrogens is 1. The summed E-state index contributed by atoms with van der Waals surface area (Å²) in [7, 11) is 1.90. The number of halogens is 2. The molecular weight excluding hydrogens is 420 g/mol. The van der Waals surface area contributed by atoms with Gasteiger partial charge in [-0.1, -0.05) is 26.8 Å². The lowest BCUT2D eigenvalue weighted by atomic mass is 9.75. The number of benzene rings is 1. The highest BCUT2D eigenvalue weighted by atomic mass is 19.1. The number of rotatable bonds is 6. The SMILES string of the molecule is CCCN(C)C1Cn2cc(C(=O)NCc3ccc(F)cc3F)c(=O)c(O)c2C(=O)C1(C)C. The Morgan fingerprint density at radius 3 is 2.62 bits per heavy atom. The van der Waals surface area contributed by atoms with Crippen molar-refractivity contribution in [3.63, 3.8) is 0 Å². The second-order valence-electron chi connectivity index (χ2n) is 8.69. The van der Waals surface area contributed by atoms with Crippen LogP contribution in [0, 0.1) is 17.0 Å². The summed E-state index contributed by atoms with van der Waals surface area (Å²) in [6.45, 7) is 6.34. The van der Waals surface area contributed by atoms with Gasteiger partial charge >= 0.3 is 0 Å². The number of pyridine rings is 1. The summed E-state index contributed by atoms with van der Waals surface area (Å²) in [6, 6.07) is 2.73. The molecule has 32 heavy (non-hydrogen) atoms. The molecule has 0 spiro atoms. The van der Waals surface area contributed by atoms with Gasteiger partial charge in [-0.2, -0.15) is 0 Å². The number of likely N-dealkylation sites (N-methyl/N-ethyl adjacent to an activating group) is 1. The van der Waals surface area contributed by atoms with E-state index in [1.807, 2.05) is 18.9 Å². The molecule has 7 nitrogen and oxygen atoms in total. The number of carbonyl (C=O) groups is 2. The third kappa shape index (κ3) is 4.17.